The fourth-order valence-electron chi connectivity index (χ4n) is 5.31. The second-order valence-electron chi connectivity index (χ2n) is 12.4. The zero-order valence-electron chi connectivity index (χ0n) is 24.5. The third-order valence-electron chi connectivity index (χ3n) is 8.74. The van der Waals surface area contributed by atoms with Gasteiger partial charge in [-0.25, -0.2) is 0 Å². The summed E-state index contributed by atoms with van der Waals surface area (Å²) < 4.78 is 19.9. The van der Waals surface area contributed by atoms with Crippen molar-refractivity contribution in [1.29, 1.82) is 0 Å². The van der Waals surface area contributed by atoms with Crippen LogP contribution in [0, 0.1) is 11.8 Å². The molecule has 0 N–H and O–H groups in total. The van der Waals surface area contributed by atoms with E-state index in [1.54, 1.807) is 0 Å². The van der Waals surface area contributed by atoms with Gasteiger partial charge in [0.15, 0.2) is 8.32 Å². The summed E-state index contributed by atoms with van der Waals surface area (Å²) in [5.74, 6) is -0.367. The van der Waals surface area contributed by atoms with E-state index in [1.807, 2.05) is 25.1 Å². The Balaban J connectivity index is 1.62. The van der Waals surface area contributed by atoms with Crippen molar-refractivity contribution in [3.8, 4) is 0 Å². The summed E-state index contributed by atoms with van der Waals surface area (Å²) >= 11 is 0. The largest absolute Gasteiger partial charge is 0.462 e. The lowest BCUT2D eigenvalue weighted by atomic mass is 9.85. The lowest BCUT2D eigenvalue weighted by molar-refractivity contribution is -0.176. The molecule has 3 aromatic carbocycles. The molecule has 4 nitrogen and oxygen atoms in total. The number of carbonyl (C=O) groups excluding carboxylic acids is 1. The molecule has 0 aliphatic carbocycles. The standard InChI is InChI=1S/C33H44O4Si2/c1-25-30(36-32(34)26(2)31(25)37-38(6,7)33(3,4)5)23-24-35-39(27-17-11-8-12-18-27,28-19-13-9-14-20-28)29-21-15-10-16-22-29/h8-22,25-26,30-31H,23-24H2,1-7H3/t25-,26-,30-,31-/m1/s1. The van der Waals surface area contributed by atoms with Crippen LogP contribution < -0.4 is 15.6 Å². The Bertz CT molecular complexity index is 1110. The van der Waals surface area contributed by atoms with E-state index in [1.165, 1.54) is 15.6 Å². The quantitative estimate of drug-likeness (QED) is 0.193. The lowest BCUT2D eigenvalue weighted by Crippen LogP contribution is -2.69. The first-order chi connectivity index (χ1) is 18.5. The number of hydrogen-bond donors (Lipinski definition) is 0. The van der Waals surface area contributed by atoms with Crippen LogP contribution >= 0.6 is 0 Å². The molecule has 1 saturated heterocycles. The molecule has 0 amide bonds. The molecule has 1 heterocycles. The zero-order chi connectivity index (χ0) is 28.3. The van der Waals surface area contributed by atoms with Crippen LogP contribution in [-0.2, 0) is 18.4 Å². The molecule has 3 aromatic rings. The van der Waals surface area contributed by atoms with Crippen molar-refractivity contribution in [2.24, 2.45) is 11.8 Å². The van der Waals surface area contributed by atoms with Crippen molar-refractivity contribution >= 4 is 38.2 Å². The summed E-state index contributed by atoms with van der Waals surface area (Å²) in [6, 6.07) is 31.7. The molecule has 1 aliphatic heterocycles. The average Bonchev–Trinajstić information content (AvgIpc) is 2.93. The van der Waals surface area contributed by atoms with Gasteiger partial charge in [0.25, 0.3) is 8.32 Å². The van der Waals surface area contributed by atoms with Crippen molar-refractivity contribution in [2.75, 3.05) is 6.61 Å². The minimum absolute atomic E-state index is 0.0681. The van der Waals surface area contributed by atoms with Gasteiger partial charge in [-0.15, -0.1) is 0 Å². The van der Waals surface area contributed by atoms with Crippen LogP contribution in [0.4, 0.5) is 0 Å². The van der Waals surface area contributed by atoms with Crippen LogP contribution in [0.15, 0.2) is 91.0 Å². The average molecular weight is 561 g/mol. The predicted octanol–water partition coefficient (Wildman–Crippen LogP) is 5.65. The summed E-state index contributed by atoms with van der Waals surface area (Å²) in [4.78, 5) is 13.0. The van der Waals surface area contributed by atoms with Gasteiger partial charge >= 0.3 is 5.97 Å². The molecule has 6 heteroatoms. The van der Waals surface area contributed by atoms with Gasteiger partial charge in [0.2, 0.25) is 0 Å². The molecule has 0 saturated carbocycles. The number of carbonyl (C=O) groups is 1. The Morgan fingerprint density at radius 2 is 1.21 bits per heavy atom. The molecule has 0 spiro atoms. The lowest BCUT2D eigenvalue weighted by Gasteiger charge is -2.46. The van der Waals surface area contributed by atoms with Crippen molar-refractivity contribution in [2.45, 2.75) is 71.4 Å². The maximum absolute atomic E-state index is 13.0. The van der Waals surface area contributed by atoms with Gasteiger partial charge < -0.3 is 13.6 Å². The number of ether oxygens (including phenoxy) is 1. The SMILES string of the molecule is C[C@H]1[C@@H](O[Si](C)(C)C(C)(C)C)[C@@H](C)C(=O)O[C@@H]1CCO[Si](c1ccccc1)(c1ccccc1)c1ccccc1. The van der Waals surface area contributed by atoms with Crippen LogP contribution in [0.3, 0.4) is 0 Å². The van der Waals surface area contributed by atoms with E-state index >= 15 is 0 Å². The number of esters is 1. The highest BCUT2D eigenvalue weighted by Gasteiger charge is 2.48. The maximum atomic E-state index is 13.0. The van der Waals surface area contributed by atoms with Crippen LogP contribution in [0.5, 0.6) is 0 Å². The Labute approximate surface area is 237 Å². The summed E-state index contributed by atoms with van der Waals surface area (Å²) in [5, 5.41) is 3.66. The summed E-state index contributed by atoms with van der Waals surface area (Å²) in [5.41, 5.74) is 0. The highest BCUT2D eigenvalue weighted by Crippen LogP contribution is 2.41. The normalized spacial score (nSPS) is 22.4. The van der Waals surface area contributed by atoms with Gasteiger partial charge in [-0.3, -0.25) is 4.79 Å². The first-order valence-electron chi connectivity index (χ1n) is 14.2. The molecule has 0 unspecified atom stereocenters. The summed E-state index contributed by atoms with van der Waals surface area (Å²) in [7, 11) is -4.87. The van der Waals surface area contributed by atoms with E-state index < -0.39 is 16.6 Å². The third-order valence-corrected chi connectivity index (χ3v) is 17.3. The first kappa shape index (κ1) is 29.5. The molecular weight excluding hydrogens is 517 g/mol. The maximum Gasteiger partial charge on any atom is 0.311 e. The van der Waals surface area contributed by atoms with Crippen LogP contribution in [0.1, 0.15) is 41.0 Å². The molecule has 1 fully saturated rings. The number of cyclic esters (lactones) is 1. The molecule has 0 radical (unpaired) electrons. The molecule has 4 rings (SSSR count). The highest BCUT2D eigenvalue weighted by atomic mass is 28.4. The highest BCUT2D eigenvalue weighted by molar-refractivity contribution is 7.07. The van der Waals surface area contributed by atoms with Crippen LogP contribution in [0.25, 0.3) is 0 Å². The number of rotatable bonds is 9. The van der Waals surface area contributed by atoms with Gasteiger partial charge in [-0.05, 0) is 40.6 Å². The fraction of sp³-hybridized carbons (Fsp3) is 0.424. The second-order valence-corrected chi connectivity index (χ2v) is 20.5. The Morgan fingerprint density at radius 1 is 0.769 bits per heavy atom. The van der Waals surface area contributed by atoms with Crippen LogP contribution in [-0.4, -0.2) is 41.4 Å². The smallest absolute Gasteiger partial charge is 0.311 e. The third kappa shape index (κ3) is 6.14. The molecule has 39 heavy (non-hydrogen) atoms. The molecule has 1 aliphatic rings. The van der Waals surface area contributed by atoms with Gasteiger partial charge in [0, 0.05) is 18.9 Å². The van der Waals surface area contributed by atoms with Crippen molar-refractivity contribution in [3.63, 3.8) is 0 Å². The minimum atomic E-state index is -2.81. The van der Waals surface area contributed by atoms with E-state index in [-0.39, 0.29) is 35.1 Å². The fourth-order valence-corrected chi connectivity index (χ4v) is 10.7. The van der Waals surface area contributed by atoms with Crippen molar-refractivity contribution in [3.05, 3.63) is 91.0 Å². The van der Waals surface area contributed by atoms with Gasteiger partial charge in [-0.2, -0.15) is 0 Å². The van der Waals surface area contributed by atoms with Crippen molar-refractivity contribution < 1.29 is 18.4 Å². The predicted molar refractivity (Wildman–Crippen MR) is 165 cm³/mol. The van der Waals surface area contributed by atoms with Gasteiger partial charge in [0.1, 0.15) is 6.10 Å². The monoisotopic (exact) mass is 560 g/mol. The first-order valence-corrected chi connectivity index (χ1v) is 19.0. The molecule has 208 valence electrons. The summed E-state index contributed by atoms with van der Waals surface area (Å²) in [6.07, 6.45) is 0.215. The van der Waals surface area contributed by atoms with E-state index in [4.69, 9.17) is 13.6 Å². The van der Waals surface area contributed by atoms with Gasteiger partial charge in [-0.1, -0.05) is 119 Å². The number of hydrogen-bond acceptors (Lipinski definition) is 4. The van der Waals surface area contributed by atoms with E-state index in [2.05, 4.69) is 114 Å². The topological polar surface area (TPSA) is 44.8 Å². The van der Waals surface area contributed by atoms with Crippen molar-refractivity contribution in [1.82, 2.24) is 0 Å². The van der Waals surface area contributed by atoms with E-state index in [9.17, 15) is 4.79 Å². The Kier molecular flexibility index (Phi) is 9.01. The Morgan fingerprint density at radius 3 is 1.62 bits per heavy atom. The minimum Gasteiger partial charge on any atom is -0.462 e. The number of benzene rings is 3. The molecule has 0 aromatic heterocycles. The van der Waals surface area contributed by atoms with Gasteiger partial charge in [0.05, 0.1) is 12.0 Å². The molecular formula is C33H44O4Si2. The molecule has 0 bridgehead atoms. The Hall–Kier alpha value is -2.52. The summed E-state index contributed by atoms with van der Waals surface area (Å²) in [6.45, 7) is 15.8. The van der Waals surface area contributed by atoms with E-state index in [0.717, 1.165) is 0 Å². The molecule has 4 atom stereocenters. The zero-order valence-corrected chi connectivity index (χ0v) is 26.5. The van der Waals surface area contributed by atoms with Crippen LogP contribution in [0.2, 0.25) is 18.1 Å². The van der Waals surface area contributed by atoms with E-state index in [0.29, 0.717) is 13.0 Å². The second kappa shape index (κ2) is 11.9.